The Hall–Kier alpha value is -4.28. The SMILES string of the molecule is Cc1cccc2c1C1c3ccccc3[C]2([Ge]([F])([F])[C]23c4ccccc4C(c4ccccc42)c2c(C)cccc23)c2ccccc21. The van der Waals surface area contributed by atoms with Crippen molar-refractivity contribution in [2.45, 2.75) is 34.2 Å². The molecule has 45 heavy (non-hydrogen) atoms. The molecule has 0 spiro atoms. The molecule has 0 aromatic heterocycles. The third kappa shape index (κ3) is 2.66. The van der Waals surface area contributed by atoms with Gasteiger partial charge in [0.1, 0.15) is 0 Å². The van der Waals surface area contributed by atoms with E-state index in [1.54, 1.807) is 0 Å². The van der Waals surface area contributed by atoms with Crippen LogP contribution in [0.15, 0.2) is 133 Å². The van der Waals surface area contributed by atoms with Gasteiger partial charge in [-0.2, -0.15) is 0 Å². The molecule has 6 aromatic carbocycles. The normalized spacial score (nSPS) is 24.2. The van der Waals surface area contributed by atoms with E-state index in [4.69, 9.17) is 0 Å². The molecule has 0 unspecified atom stereocenters. The van der Waals surface area contributed by atoms with Gasteiger partial charge in [-0.05, 0) is 0 Å². The zero-order valence-corrected chi connectivity index (χ0v) is 27.2. The van der Waals surface area contributed by atoms with E-state index in [1.165, 1.54) is 0 Å². The van der Waals surface area contributed by atoms with Crippen LogP contribution in [-0.2, 0) is 8.49 Å². The van der Waals surface area contributed by atoms with E-state index in [0.717, 1.165) is 77.9 Å². The summed E-state index contributed by atoms with van der Waals surface area (Å²) in [4.78, 5) is 0. The molecule has 0 aliphatic heterocycles. The van der Waals surface area contributed by atoms with Crippen LogP contribution in [0.25, 0.3) is 0 Å². The van der Waals surface area contributed by atoms with Gasteiger partial charge in [-0.15, -0.1) is 0 Å². The first-order chi connectivity index (χ1) is 22.0. The molecule has 3 heteroatoms. The van der Waals surface area contributed by atoms with Gasteiger partial charge in [0.15, 0.2) is 0 Å². The van der Waals surface area contributed by atoms with Crippen molar-refractivity contribution in [2.24, 2.45) is 0 Å². The van der Waals surface area contributed by atoms with E-state index in [1.807, 2.05) is 97.1 Å². The van der Waals surface area contributed by atoms with Gasteiger partial charge in [-0.25, -0.2) is 0 Å². The molecule has 0 fully saturated rings. The fourth-order valence-electron chi connectivity index (χ4n) is 10.3. The summed E-state index contributed by atoms with van der Waals surface area (Å²) in [5, 5.41) is 0. The molecular weight excluding hydrogens is 615 g/mol. The van der Waals surface area contributed by atoms with Crippen LogP contribution >= 0.6 is 0 Å². The van der Waals surface area contributed by atoms with Crippen molar-refractivity contribution in [1.82, 2.24) is 0 Å². The second-order valence-corrected chi connectivity index (χ2v) is 18.9. The van der Waals surface area contributed by atoms with Crippen LogP contribution in [0, 0.1) is 13.8 Å². The minimum absolute atomic E-state index is 0.0534. The second-order valence-electron chi connectivity index (χ2n) is 13.4. The summed E-state index contributed by atoms with van der Waals surface area (Å²) in [5.41, 5.74) is 13.4. The summed E-state index contributed by atoms with van der Waals surface area (Å²) < 4.78 is 37.1. The molecule has 6 aliphatic carbocycles. The molecule has 0 saturated heterocycles. The van der Waals surface area contributed by atoms with Crippen LogP contribution in [0.4, 0.5) is 7.00 Å². The molecule has 0 atom stereocenters. The zero-order valence-electron chi connectivity index (χ0n) is 25.1. The van der Waals surface area contributed by atoms with E-state index in [2.05, 4.69) is 50.2 Å². The maximum absolute atomic E-state index is 20.1. The molecule has 4 bridgehead atoms. The van der Waals surface area contributed by atoms with Crippen molar-refractivity contribution in [2.75, 3.05) is 0 Å². The average molecular weight is 645 g/mol. The van der Waals surface area contributed by atoms with Crippen molar-refractivity contribution in [1.29, 1.82) is 0 Å². The number of hydrogen-bond acceptors (Lipinski definition) is 0. The summed E-state index contributed by atoms with van der Waals surface area (Å²) >= 11 is -6.50. The number of aryl methyl sites for hydroxylation is 2. The number of rotatable bonds is 2. The number of halogens is 2. The summed E-state index contributed by atoms with van der Waals surface area (Å²) in [6, 6.07) is 45.0. The van der Waals surface area contributed by atoms with Gasteiger partial charge < -0.3 is 0 Å². The predicted octanol–water partition coefficient (Wildman–Crippen LogP) is 9.75. The van der Waals surface area contributed by atoms with Crippen molar-refractivity contribution < 1.29 is 7.00 Å². The van der Waals surface area contributed by atoms with Gasteiger partial charge in [0.05, 0.1) is 0 Å². The summed E-state index contributed by atoms with van der Waals surface area (Å²) in [7, 11) is 0. The molecule has 0 saturated carbocycles. The van der Waals surface area contributed by atoms with Gasteiger partial charge >= 0.3 is 267 Å². The number of hydrogen-bond donors (Lipinski definition) is 0. The first-order valence-corrected chi connectivity index (χ1v) is 19.6. The Balaban J connectivity index is 1.47. The van der Waals surface area contributed by atoms with Crippen LogP contribution in [0.5, 0.6) is 0 Å². The van der Waals surface area contributed by atoms with Gasteiger partial charge in [-0.3, -0.25) is 0 Å². The zero-order chi connectivity index (χ0) is 30.3. The Morgan fingerprint density at radius 3 is 1.02 bits per heavy atom. The van der Waals surface area contributed by atoms with Gasteiger partial charge in [0.2, 0.25) is 0 Å². The van der Waals surface area contributed by atoms with E-state index in [0.29, 0.717) is 0 Å². The minimum atomic E-state index is -6.50. The molecule has 0 radical (unpaired) electrons. The van der Waals surface area contributed by atoms with E-state index >= 15 is 7.00 Å². The van der Waals surface area contributed by atoms with E-state index in [-0.39, 0.29) is 11.8 Å². The molecule has 6 aromatic rings. The third-order valence-electron chi connectivity index (χ3n) is 11.7. The van der Waals surface area contributed by atoms with Gasteiger partial charge in [0.25, 0.3) is 0 Å². The van der Waals surface area contributed by atoms with Gasteiger partial charge in [0, 0.05) is 0 Å². The molecule has 0 nitrogen and oxygen atoms in total. The molecule has 6 aliphatic rings. The predicted molar refractivity (Wildman–Crippen MR) is 178 cm³/mol. The van der Waals surface area contributed by atoms with Crippen LogP contribution in [-0.4, -0.2) is 14.2 Å². The topological polar surface area (TPSA) is 0 Å². The molecule has 12 rings (SSSR count). The van der Waals surface area contributed by atoms with Crippen LogP contribution < -0.4 is 0 Å². The molecule has 0 heterocycles. The molecule has 216 valence electrons. The fourth-order valence-corrected chi connectivity index (χ4v) is 18.5. The van der Waals surface area contributed by atoms with Crippen LogP contribution in [0.3, 0.4) is 0 Å². The summed E-state index contributed by atoms with van der Waals surface area (Å²) in [6.45, 7) is 4.22. The molecule has 0 amide bonds. The Bertz CT molecular complexity index is 2010. The average Bonchev–Trinajstić information content (AvgIpc) is 3.08. The Morgan fingerprint density at radius 1 is 0.400 bits per heavy atom. The Morgan fingerprint density at radius 2 is 0.689 bits per heavy atom. The van der Waals surface area contributed by atoms with Crippen molar-refractivity contribution in [3.05, 3.63) is 211 Å². The Labute approximate surface area is 265 Å². The Kier molecular flexibility index (Phi) is 4.91. The number of benzene rings is 6. The maximum atomic E-state index is 20.1. The van der Waals surface area contributed by atoms with E-state index in [9.17, 15) is 0 Å². The summed E-state index contributed by atoms with van der Waals surface area (Å²) in [5.74, 6) is -0.107. The van der Waals surface area contributed by atoms with Crippen LogP contribution in [0.2, 0.25) is 0 Å². The molecular formula is C42H30F2Ge. The second kappa shape index (κ2) is 8.50. The molecule has 0 N–H and O–H groups in total. The quantitative estimate of drug-likeness (QED) is 0.165. The fraction of sp³-hybridized carbons (Fsp3) is 0.143. The van der Waals surface area contributed by atoms with Gasteiger partial charge in [-0.1, -0.05) is 0 Å². The van der Waals surface area contributed by atoms with E-state index < -0.39 is 22.7 Å². The third-order valence-corrected chi connectivity index (χ3v) is 19.0. The monoisotopic (exact) mass is 646 g/mol. The van der Waals surface area contributed by atoms with Crippen molar-refractivity contribution in [3.63, 3.8) is 0 Å². The summed E-state index contributed by atoms with van der Waals surface area (Å²) in [6.07, 6.45) is 0. The first-order valence-electron chi connectivity index (χ1n) is 15.9. The van der Waals surface area contributed by atoms with Crippen molar-refractivity contribution >= 4 is 14.2 Å². The van der Waals surface area contributed by atoms with Crippen LogP contribution in [0.1, 0.15) is 89.7 Å². The first kappa shape index (κ1) is 26.0. The van der Waals surface area contributed by atoms with Crippen molar-refractivity contribution in [3.8, 4) is 0 Å². The standard InChI is InChI=1S/C42H30F2Ge/c1-25-13-11-23-35-37(25)39-27-15-3-7-19-31(27)41(35,32-20-8-4-16-28(32)39)45(43,44)42-33-21-9-5-17-29(33)40(30-18-6-10-22-34(30)42)38-26(2)14-12-24-36(38)42/h3-24,39-40H,1-2H3.